The summed E-state index contributed by atoms with van der Waals surface area (Å²) < 4.78 is 4.43. The van der Waals surface area contributed by atoms with E-state index in [9.17, 15) is 0 Å². The van der Waals surface area contributed by atoms with Gasteiger partial charge >= 0.3 is 0 Å². The van der Waals surface area contributed by atoms with E-state index >= 15 is 0 Å². The van der Waals surface area contributed by atoms with Gasteiger partial charge in [-0.05, 0) is 24.6 Å². The van der Waals surface area contributed by atoms with Crippen molar-refractivity contribution < 1.29 is 21.5 Å². The molecule has 98 valence electrons. The molecule has 0 aliphatic heterocycles. The van der Waals surface area contributed by atoms with Gasteiger partial charge in [0.05, 0.1) is 6.54 Å². The van der Waals surface area contributed by atoms with E-state index < -0.39 is 0 Å². The van der Waals surface area contributed by atoms with Crippen molar-refractivity contribution in [3.63, 3.8) is 0 Å². The van der Waals surface area contributed by atoms with Crippen LogP contribution in [0.1, 0.15) is 13.3 Å². The van der Waals surface area contributed by atoms with Gasteiger partial charge in [-0.1, -0.05) is 25.1 Å². The molecule has 0 aliphatic carbocycles. The minimum atomic E-state index is 0. The maximum absolute atomic E-state index is 4.42. The first-order valence-corrected chi connectivity index (χ1v) is 6.31. The fraction of sp³-hybridized carbons (Fsp3) is 0.200. The Labute approximate surface area is 123 Å². The molecule has 0 unspecified atom stereocenters. The highest BCUT2D eigenvalue weighted by Gasteiger charge is 2.16. The van der Waals surface area contributed by atoms with Crippen LogP contribution >= 0.6 is 0 Å². The molecule has 0 spiro atoms. The van der Waals surface area contributed by atoms with Gasteiger partial charge in [-0.25, -0.2) is 9.55 Å². The number of hydrogen-bond acceptors (Lipinski definition) is 1. The topological polar surface area (TPSA) is 21.7 Å². The van der Waals surface area contributed by atoms with Crippen LogP contribution in [-0.2, 0) is 6.54 Å². The van der Waals surface area contributed by atoms with Crippen molar-refractivity contribution in [1.82, 2.24) is 9.55 Å². The van der Waals surface area contributed by atoms with Gasteiger partial charge in [-0.2, -0.15) is 4.57 Å². The molecule has 3 aromatic rings. The van der Waals surface area contributed by atoms with Crippen molar-refractivity contribution in [1.29, 1.82) is 0 Å². The van der Waals surface area contributed by atoms with Crippen LogP contribution in [0.4, 0.5) is 0 Å². The normalized spacial score (nSPS) is 10.4. The summed E-state index contributed by atoms with van der Waals surface area (Å²) in [6.45, 7) is 3.22. The SMILES string of the molecule is CCC[n+]1cn(-c2ccccn2)c2ccccc21.[Br-]. The maximum Gasteiger partial charge on any atom is 0.251 e. The van der Waals surface area contributed by atoms with E-state index in [1.54, 1.807) is 0 Å². The Morgan fingerprint density at radius 3 is 2.63 bits per heavy atom. The molecule has 0 bridgehead atoms. The molecular weight excluding hydrogens is 302 g/mol. The van der Waals surface area contributed by atoms with Crippen LogP contribution in [0.2, 0.25) is 0 Å². The molecule has 0 saturated heterocycles. The summed E-state index contributed by atoms with van der Waals surface area (Å²) in [6, 6.07) is 14.4. The van der Waals surface area contributed by atoms with Crippen LogP contribution in [0.5, 0.6) is 0 Å². The van der Waals surface area contributed by atoms with Crippen LogP contribution in [0.3, 0.4) is 0 Å². The first-order valence-electron chi connectivity index (χ1n) is 6.31. The molecule has 0 fully saturated rings. The number of pyridine rings is 1. The number of benzene rings is 1. The number of hydrogen-bond donors (Lipinski definition) is 0. The molecule has 2 aromatic heterocycles. The molecule has 3 nitrogen and oxygen atoms in total. The highest BCUT2D eigenvalue weighted by atomic mass is 79.9. The standard InChI is InChI=1S/C15H16N3.BrH/c1-2-11-17-12-18(15-9-5-6-10-16-15)14-8-4-3-7-13(14)17;/h3-10,12H,2,11H2,1H3;1H/q+1;/p-1. The van der Waals surface area contributed by atoms with Gasteiger partial charge in [-0.15, -0.1) is 0 Å². The lowest BCUT2D eigenvalue weighted by atomic mass is 10.3. The van der Waals surface area contributed by atoms with Gasteiger partial charge in [0.15, 0.2) is 11.0 Å². The fourth-order valence-corrected chi connectivity index (χ4v) is 2.27. The number of rotatable bonds is 3. The number of para-hydroxylation sites is 2. The first-order chi connectivity index (χ1) is 8.90. The lowest BCUT2D eigenvalue weighted by Crippen LogP contribution is -3.00. The molecule has 2 heterocycles. The molecule has 0 aliphatic rings. The summed E-state index contributed by atoms with van der Waals surface area (Å²) in [5.74, 6) is 0.962. The molecule has 0 amide bonds. The highest BCUT2D eigenvalue weighted by molar-refractivity contribution is 5.73. The second-order valence-corrected chi connectivity index (χ2v) is 4.36. The number of halogens is 1. The average Bonchev–Trinajstić information content (AvgIpc) is 2.80. The Hall–Kier alpha value is -1.68. The molecule has 3 rings (SSSR count). The lowest BCUT2D eigenvalue weighted by molar-refractivity contribution is -0.671. The summed E-state index contributed by atoms with van der Waals surface area (Å²) in [7, 11) is 0. The van der Waals surface area contributed by atoms with E-state index in [1.807, 2.05) is 24.4 Å². The van der Waals surface area contributed by atoms with Crippen LogP contribution < -0.4 is 21.5 Å². The van der Waals surface area contributed by atoms with E-state index in [0.717, 1.165) is 18.8 Å². The van der Waals surface area contributed by atoms with E-state index in [-0.39, 0.29) is 17.0 Å². The van der Waals surface area contributed by atoms with Crippen molar-refractivity contribution in [3.05, 3.63) is 55.0 Å². The summed E-state index contributed by atoms with van der Waals surface area (Å²) in [5, 5.41) is 0. The quantitative estimate of drug-likeness (QED) is 0.609. The molecular formula is C15H16BrN3. The second kappa shape index (κ2) is 5.97. The van der Waals surface area contributed by atoms with E-state index in [0.29, 0.717) is 0 Å². The van der Waals surface area contributed by atoms with Crippen LogP contribution in [-0.4, -0.2) is 9.55 Å². The third-order valence-electron chi connectivity index (χ3n) is 3.07. The molecule has 1 aromatic carbocycles. The number of aromatic nitrogens is 3. The van der Waals surface area contributed by atoms with E-state index in [2.05, 4.69) is 51.6 Å². The van der Waals surface area contributed by atoms with Crippen molar-refractivity contribution >= 4 is 11.0 Å². The predicted molar refractivity (Wildman–Crippen MR) is 71.6 cm³/mol. The minimum Gasteiger partial charge on any atom is -1.00 e. The van der Waals surface area contributed by atoms with Crippen molar-refractivity contribution in [2.75, 3.05) is 0 Å². The van der Waals surface area contributed by atoms with Crippen LogP contribution in [0, 0.1) is 0 Å². The van der Waals surface area contributed by atoms with E-state index in [4.69, 9.17) is 0 Å². The molecule has 19 heavy (non-hydrogen) atoms. The van der Waals surface area contributed by atoms with Gasteiger partial charge in [-0.3, -0.25) is 0 Å². The first kappa shape index (κ1) is 13.7. The highest BCUT2D eigenvalue weighted by Crippen LogP contribution is 2.14. The van der Waals surface area contributed by atoms with Crippen molar-refractivity contribution in [2.45, 2.75) is 19.9 Å². The van der Waals surface area contributed by atoms with Crippen LogP contribution in [0.15, 0.2) is 55.0 Å². The molecule has 4 heteroatoms. The Bertz CT molecular complexity index is 661. The van der Waals surface area contributed by atoms with Gasteiger partial charge < -0.3 is 17.0 Å². The van der Waals surface area contributed by atoms with Gasteiger partial charge in [0.2, 0.25) is 5.82 Å². The lowest BCUT2D eigenvalue weighted by Gasteiger charge is -1.93. The Balaban J connectivity index is 0.00000133. The van der Waals surface area contributed by atoms with Crippen LogP contribution in [0.25, 0.3) is 16.9 Å². The smallest absolute Gasteiger partial charge is 0.251 e. The number of aryl methyl sites for hydroxylation is 1. The Morgan fingerprint density at radius 1 is 1.11 bits per heavy atom. The summed E-state index contributed by atoms with van der Waals surface area (Å²) in [4.78, 5) is 4.42. The third-order valence-corrected chi connectivity index (χ3v) is 3.07. The molecule has 0 saturated carbocycles. The number of fused-ring (bicyclic) bond motifs is 1. The maximum atomic E-state index is 4.42. The second-order valence-electron chi connectivity index (χ2n) is 4.36. The van der Waals surface area contributed by atoms with Crippen molar-refractivity contribution in [2.24, 2.45) is 0 Å². The summed E-state index contributed by atoms with van der Waals surface area (Å²) in [6.07, 6.45) is 5.09. The zero-order chi connectivity index (χ0) is 12.4. The Kier molecular flexibility index (Phi) is 4.32. The van der Waals surface area contributed by atoms with Gasteiger partial charge in [0.1, 0.15) is 0 Å². The number of imidazole rings is 1. The van der Waals surface area contributed by atoms with Gasteiger partial charge in [0.25, 0.3) is 6.33 Å². The van der Waals surface area contributed by atoms with E-state index in [1.165, 1.54) is 11.0 Å². The predicted octanol–water partition coefficient (Wildman–Crippen LogP) is -0.273. The fourth-order valence-electron chi connectivity index (χ4n) is 2.27. The summed E-state index contributed by atoms with van der Waals surface area (Å²) >= 11 is 0. The largest absolute Gasteiger partial charge is 1.00 e. The third kappa shape index (κ3) is 2.54. The zero-order valence-electron chi connectivity index (χ0n) is 10.8. The minimum absolute atomic E-state index is 0. The Morgan fingerprint density at radius 2 is 1.89 bits per heavy atom. The average molecular weight is 318 g/mol. The molecule has 0 radical (unpaired) electrons. The number of nitrogens with zero attached hydrogens (tertiary/aromatic N) is 3. The summed E-state index contributed by atoms with van der Waals surface area (Å²) in [5.41, 5.74) is 2.45. The van der Waals surface area contributed by atoms with Crippen molar-refractivity contribution in [3.8, 4) is 5.82 Å². The van der Waals surface area contributed by atoms with Gasteiger partial charge in [0, 0.05) is 12.3 Å². The monoisotopic (exact) mass is 317 g/mol. The zero-order valence-corrected chi connectivity index (χ0v) is 12.4. The molecule has 0 atom stereocenters. The molecule has 0 N–H and O–H groups in total.